The number of hydrogen-bond donors (Lipinski definition) is 0. The van der Waals surface area contributed by atoms with Gasteiger partial charge < -0.3 is 9.64 Å². The summed E-state index contributed by atoms with van der Waals surface area (Å²) in [5.74, 6) is -1.22. The molecule has 8 heteroatoms. The van der Waals surface area contributed by atoms with Crippen LogP contribution in [0.1, 0.15) is 5.56 Å². The maximum absolute atomic E-state index is 14.9. The first-order valence-electron chi connectivity index (χ1n) is 10.6. The van der Waals surface area contributed by atoms with Crippen LogP contribution in [-0.4, -0.2) is 60.6 Å². The van der Waals surface area contributed by atoms with Gasteiger partial charge in [-0.25, -0.2) is 18.7 Å². The van der Waals surface area contributed by atoms with Crippen molar-refractivity contribution in [2.45, 2.75) is 12.5 Å². The first-order chi connectivity index (χ1) is 15.6. The summed E-state index contributed by atoms with van der Waals surface area (Å²) in [5.41, 5.74) is 2.88. The second-order valence-electron chi connectivity index (χ2n) is 7.94. The molecule has 3 aromatic rings. The van der Waals surface area contributed by atoms with Crippen LogP contribution < -0.4 is 4.90 Å². The van der Waals surface area contributed by atoms with E-state index >= 15 is 0 Å². The van der Waals surface area contributed by atoms with Crippen LogP contribution in [0, 0.1) is 11.6 Å². The van der Waals surface area contributed by atoms with Crippen molar-refractivity contribution in [3.05, 3.63) is 66.0 Å². The SMILES string of the molecule is CN1N=CC=CC1Cc1cc(-c2ncnc3cc(N4CCOCC4)ccc23)c(F)cc1F. The van der Waals surface area contributed by atoms with Gasteiger partial charge in [0.05, 0.1) is 30.5 Å². The summed E-state index contributed by atoms with van der Waals surface area (Å²) in [6.45, 7) is 3.00. The molecule has 1 fully saturated rings. The van der Waals surface area contributed by atoms with Crippen LogP contribution in [0.25, 0.3) is 22.2 Å². The zero-order valence-corrected chi connectivity index (χ0v) is 17.7. The lowest BCUT2D eigenvalue weighted by atomic mass is 9.98. The first kappa shape index (κ1) is 20.5. The summed E-state index contributed by atoms with van der Waals surface area (Å²) in [6, 6.07) is 8.27. The molecule has 2 aromatic carbocycles. The minimum atomic E-state index is -0.644. The molecule has 0 N–H and O–H groups in total. The number of nitrogens with zero attached hydrogens (tertiary/aromatic N) is 5. The second kappa shape index (κ2) is 8.63. The van der Waals surface area contributed by atoms with Crippen LogP contribution in [0.4, 0.5) is 14.5 Å². The average molecular weight is 435 g/mol. The van der Waals surface area contributed by atoms with Crippen LogP contribution in [-0.2, 0) is 11.2 Å². The van der Waals surface area contributed by atoms with Crippen molar-refractivity contribution in [1.29, 1.82) is 0 Å². The Balaban J connectivity index is 1.53. The number of hydrazone groups is 1. The van der Waals surface area contributed by atoms with E-state index in [2.05, 4.69) is 20.0 Å². The van der Waals surface area contributed by atoms with E-state index in [1.54, 1.807) is 17.3 Å². The van der Waals surface area contributed by atoms with Crippen LogP contribution in [0.5, 0.6) is 0 Å². The predicted molar refractivity (Wildman–Crippen MR) is 121 cm³/mol. The summed E-state index contributed by atoms with van der Waals surface area (Å²) >= 11 is 0. The molecule has 1 aromatic heterocycles. The molecular formula is C24H23F2N5O. The lowest BCUT2D eigenvalue weighted by molar-refractivity contribution is 0.122. The van der Waals surface area contributed by atoms with Gasteiger partial charge in [0, 0.05) is 55.5 Å². The van der Waals surface area contributed by atoms with Crippen molar-refractivity contribution >= 4 is 22.8 Å². The number of hydrogen-bond acceptors (Lipinski definition) is 6. The van der Waals surface area contributed by atoms with Crippen molar-refractivity contribution in [3.8, 4) is 11.3 Å². The molecule has 0 bridgehead atoms. The highest BCUT2D eigenvalue weighted by Crippen LogP contribution is 2.32. The number of morpholine rings is 1. The lowest BCUT2D eigenvalue weighted by Gasteiger charge is -2.29. The minimum absolute atomic E-state index is 0.106. The van der Waals surface area contributed by atoms with Gasteiger partial charge in [0.15, 0.2) is 0 Å². The number of anilines is 1. The summed E-state index contributed by atoms with van der Waals surface area (Å²) < 4.78 is 35.0. The van der Waals surface area contributed by atoms with Gasteiger partial charge in [0.2, 0.25) is 0 Å². The Kier molecular flexibility index (Phi) is 5.53. The molecule has 0 saturated carbocycles. The van der Waals surface area contributed by atoms with E-state index in [0.29, 0.717) is 36.4 Å². The number of benzene rings is 2. The van der Waals surface area contributed by atoms with E-state index in [9.17, 15) is 8.78 Å². The van der Waals surface area contributed by atoms with Gasteiger partial charge in [-0.1, -0.05) is 6.08 Å². The van der Waals surface area contributed by atoms with Crippen LogP contribution in [0.3, 0.4) is 0 Å². The van der Waals surface area contributed by atoms with Gasteiger partial charge in [-0.2, -0.15) is 5.10 Å². The third-order valence-corrected chi connectivity index (χ3v) is 5.96. The standard InChI is InChI=1S/C24H23F2N5O/c1-30-17(3-2-6-29-30)11-16-12-20(22(26)14-21(16)25)24-19-5-4-18(13-23(19)27-15-28-24)31-7-9-32-10-8-31/h2-6,12-15,17H,7-11H2,1H3. The van der Waals surface area contributed by atoms with Crippen molar-refractivity contribution in [3.63, 3.8) is 0 Å². The molecule has 1 atom stereocenters. The molecule has 1 unspecified atom stereocenters. The number of halogens is 2. The first-order valence-corrected chi connectivity index (χ1v) is 10.6. The molecule has 1 saturated heterocycles. The Morgan fingerprint density at radius 3 is 2.72 bits per heavy atom. The molecule has 5 rings (SSSR count). The molecule has 2 aliphatic heterocycles. The lowest BCUT2D eigenvalue weighted by Crippen LogP contribution is -2.36. The Morgan fingerprint density at radius 1 is 1.06 bits per heavy atom. The number of rotatable bonds is 4. The van der Waals surface area contributed by atoms with E-state index in [4.69, 9.17) is 4.74 Å². The summed E-state index contributed by atoms with van der Waals surface area (Å²) in [5, 5.41) is 6.70. The van der Waals surface area contributed by atoms with Crippen LogP contribution in [0.15, 0.2) is 53.9 Å². The van der Waals surface area contributed by atoms with Crippen molar-refractivity contribution < 1.29 is 13.5 Å². The Morgan fingerprint density at radius 2 is 1.91 bits per heavy atom. The monoisotopic (exact) mass is 435 g/mol. The van der Waals surface area contributed by atoms with Crippen LogP contribution in [0.2, 0.25) is 0 Å². The normalized spacial score (nSPS) is 18.5. The smallest absolute Gasteiger partial charge is 0.135 e. The number of aromatic nitrogens is 2. The maximum Gasteiger partial charge on any atom is 0.135 e. The summed E-state index contributed by atoms with van der Waals surface area (Å²) in [6.07, 6.45) is 7.25. The minimum Gasteiger partial charge on any atom is -0.378 e. The van der Waals surface area contributed by atoms with Gasteiger partial charge in [0.1, 0.15) is 18.0 Å². The quantitative estimate of drug-likeness (QED) is 0.624. The molecular weight excluding hydrogens is 412 g/mol. The van der Waals surface area contributed by atoms with Gasteiger partial charge in [0.25, 0.3) is 0 Å². The Hall–Kier alpha value is -3.39. The predicted octanol–water partition coefficient (Wildman–Crippen LogP) is 3.81. The highest BCUT2D eigenvalue weighted by atomic mass is 19.1. The number of allylic oxidation sites excluding steroid dienone is 1. The number of likely N-dealkylation sites (N-methyl/N-ethyl adjacent to an activating group) is 1. The van der Waals surface area contributed by atoms with E-state index in [1.165, 1.54) is 6.33 Å². The van der Waals surface area contributed by atoms with Crippen LogP contribution >= 0.6 is 0 Å². The van der Waals surface area contributed by atoms with Gasteiger partial charge >= 0.3 is 0 Å². The fourth-order valence-corrected chi connectivity index (χ4v) is 4.17. The Labute approximate surface area is 184 Å². The molecule has 0 radical (unpaired) electrons. The topological polar surface area (TPSA) is 53.9 Å². The third-order valence-electron chi connectivity index (χ3n) is 5.96. The number of fused-ring (bicyclic) bond motifs is 1. The molecule has 0 aliphatic carbocycles. The van der Waals surface area contributed by atoms with Crippen molar-refractivity contribution in [2.75, 3.05) is 38.3 Å². The molecule has 2 aliphatic rings. The average Bonchev–Trinajstić information content (AvgIpc) is 2.82. The van der Waals surface area contributed by atoms with Gasteiger partial charge in [-0.15, -0.1) is 0 Å². The van der Waals surface area contributed by atoms with E-state index in [0.717, 1.165) is 30.2 Å². The highest BCUT2D eigenvalue weighted by Gasteiger charge is 2.20. The molecule has 0 spiro atoms. The third kappa shape index (κ3) is 3.93. The molecule has 3 heterocycles. The largest absolute Gasteiger partial charge is 0.378 e. The van der Waals surface area contributed by atoms with Crippen molar-refractivity contribution in [1.82, 2.24) is 15.0 Å². The molecule has 0 amide bonds. The fourth-order valence-electron chi connectivity index (χ4n) is 4.17. The van der Waals surface area contributed by atoms with E-state index in [-0.39, 0.29) is 11.6 Å². The van der Waals surface area contributed by atoms with Gasteiger partial charge in [-0.3, -0.25) is 5.01 Å². The van der Waals surface area contributed by atoms with Gasteiger partial charge in [-0.05, 0) is 35.9 Å². The van der Waals surface area contributed by atoms with E-state index in [1.807, 2.05) is 37.4 Å². The second-order valence-corrected chi connectivity index (χ2v) is 7.94. The molecule has 6 nitrogen and oxygen atoms in total. The highest BCUT2D eigenvalue weighted by molar-refractivity contribution is 5.94. The van der Waals surface area contributed by atoms with E-state index < -0.39 is 11.6 Å². The zero-order valence-electron chi connectivity index (χ0n) is 17.7. The molecule has 164 valence electrons. The summed E-state index contributed by atoms with van der Waals surface area (Å²) in [4.78, 5) is 11.0. The summed E-state index contributed by atoms with van der Waals surface area (Å²) in [7, 11) is 1.83. The molecule has 32 heavy (non-hydrogen) atoms. The Bertz CT molecular complexity index is 1210. The number of ether oxygens (including phenoxy) is 1. The maximum atomic E-state index is 14.9. The zero-order chi connectivity index (χ0) is 22.1. The fraction of sp³-hybridized carbons (Fsp3) is 0.292. The van der Waals surface area contributed by atoms with Crippen molar-refractivity contribution in [2.24, 2.45) is 5.10 Å².